The van der Waals surface area contributed by atoms with Crippen LogP contribution in [0.1, 0.15) is 18.5 Å². The number of pyridine rings is 1. The molecule has 1 N–H and O–H groups in total. The molecule has 1 aliphatic heterocycles. The molecule has 19 heavy (non-hydrogen) atoms. The molecule has 0 bridgehead atoms. The van der Waals surface area contributed by atoms with E-state index in [1.807, 2.05) is 35.0 Å². The molecule has 5 nitrogen and oxygen atoms in total. The minimum absolute atomic E-state index is 0.00969. The maximum Gasteiger partial charge on any atom is 0.228 e. The number of fused-ring (bicyclic) bond motifs is 1. The van der Waals surface area contributed by atoms with Crippen LogP contribution in [0, 0.1) is 0 Å². The van der Waals surface area contributed by atoms with Crippen LogP contribution in [-0.2, 0) is 11.2 Å². The van der Waals surface area contributed by atoms with Gasteiger partial charge in [-0.1, -0.05) is 6.07 Å². The van der Waals surface area contributed by atoms with Crippen LogP contribution in [0.2, 0.25) is 0 Å². The van der Waals surface area contributed by atoms with E-state index < -0.39 is 0 Å². The lowest BCUT2D eigenvalue weighted by molar-refractivity contribution is -0.132. The molecule has 1 atom stereocenters. The summed E-state index contributed by atoms with van der Waals surface area (Å²) in [6.07, 6.45) is 5.98. The second kappa shape index (κ2) is 5.01. The molecule has 1 fully saturated rings. The molecule has 3 rings (SSSR count). The van der Waals surface area contributed by atoms with Gasteiger partial charge in [-0.25, -0.2) is 4.98 Å². The Morgan fingerprint density at radius 1 is 1.47 bits per heavy atom. The Morgan fingerprint density at radius 2 is 2.37 bits per heavy atom. The van der Waals surface area contributed by atoms with E-state index in [0.717, 1.165) is 30.7 Å². The third kappa shape index (κ3) is 2.33. The van der Waals surface area contributed by atoms with Crippen LogP contribution in [-0.4, -0.2) is 44.5 Å². The van der Waals surface area contributed by atoms with Crippen molar-refractivity contribution in [3.05, 3.63) is 36.3 Å². The third-order valence-corrected chi connectivity index (χ3v) is 3.65. The number of aromatic nitrogens is 2. The van der Waals surface area contributed by atoms with Crippen LogP contribution in [0.25, 0.3) is 5.65 Å². The molecule has 0 saturated carbocycles. The number of imidazole rings is 1. The van der Waals surface area contributed by atoms with Gasteiger partial charge in [-0.05, 0) is 25.0 Å². The Balaban J connectivity index is 1.75. The van der Waals surface area contributed by atoms with E-state index in [-0.39, 0.29) is 18.6 Å². The van der Waals surface area contributed by atoms with Crippen molar-refractivity contribution in [2.75, 3.05) is 13.2 Å². The van der Waals surface area contributed by atoms with Crippen LogP contribution in [0.5, 0.6) is 0 Å². The average molecular weight is 259 g/mol. The highest BCUT2D eigenvalue weighted by Crippen LogP contribution is 2.18. The quantitative estimate of drug-likeness (QED) is 0.889. The van der Waals surface area contributed by atoms with Gasteiger partial charge in [0, 0.05) is 18.9 Å². The lowest BCUT2D eigenvalue weighted by Gasteiger charge is -2.22. The van der Waals surface area contributed by atoms with Crippen molar-refractivity contribution in [3.8, 4) is 0 Å². The molecule has 0 spiro atoms. The number of carbonyl (C=O) groups is 1. The molecule has 5 heteroatoms. The van der Waals surface area contributed by atoms with Crippen LogP contribution in [0.15, 0.2) is 30.6 Å². The summed E-state index contributed by atoms with van der Waals surface area (Å²) in [6.45, 7) is 0.800. The molecule has 0 aliphatic carbocycles. The van der Waals surface area contributed by atoms with E-state index in [2.05, 4.69) is 4.98 Å². The fourth-order valence-corrected chi connectivity index (χ4v) is 2.68. The molecule has 1 saturated heterocycles. The topological polar surface area (TPSA) is 57.8 Å². The van der Waals surface area contributed by atoms with Crippen molar-refractivity contribution in [3.63, 3.8) is 0 Å². The van der Waals surface area contributed by atoms with E-state index in [4.69, 9.17) is 0 Å². The summed E-state index contributed by atoms with van der Waals surface area (Å²) in [5, 5.41) is 9.25. The first kappa shape index (κ1) is 12.2. The van der Waals surface area contributed by atoms with Crippen molar-refractivity contribution < 1.29 is 9.90 Å². The van der Waals surface area contributed by atoms with Gasteiger partial charge >= 0.3 is 0 Å². The van der Waals surface area contributed by atoms with E-state index in [1.165, 1.54) is 0 Å². The third-order valence-electron chi connectivity index (χ3n) is 3.65. The Hall–Kier alpha value is -1.88. The first-order chi connectivity index (χ1) is 9.28. The molecule has 0 radical (unpaired) electrons. The van der Waals surface area contributed by atoms with Crippen molar-refractivity contribution in [2.45, 2.75) is 25.3 Å². The van der Waals surface area contributed by atoms with E-state index in [0.29, 0.717) is 6.42 Å². The molecule has 2 aromatic rings. The predicted octanol–water partition coefficient (Wildman–Crippen LogP) is 0.860. The molecule has 1 amide bonds. The highest BCUT2D eigenvalue weighted by atomic mass is 16.3. The lowest BCUT2D eigenvalue weighted by atomic mass is 10.2. The van der Waals surface area contributed by atoms with Crippen LogP contribution in [0.4, 0.5) is 0 Å². The molecular formula is C14H17N3O2. The summed E-state index contributed by atoms with van der Waals surface area (Å²) in [4.78, 5) is 18.4. The number of aliphatic hydroxyl groups excluding tert-OH is 1. The Bertz CT molecular complexity index is 560. The minimum Gasteiger partial charge on any atom is -0.394 e. The smallest absolute Gasteiger partial charge is 0.228 e. The van der Waals surface area contributed by atoms with Crippen LogP contribution < -0.4 is 0 Å². The monoisotopic (exact) mass is 259 g/mol. The van der Waals surface area contributed by atoms with E-state index in [9.17, 15) is 9.90 Å². The first-order valence-electron chi connectivity index (χ1n) is 6.61. The average Bonchev–Trinajstić information content (AvgIpc) is 3.03. The summed E-state index contributed by atoms with van der Waals surface area (Å²) in [5.74, 6) is 0.0555. The summed E-state index contributed by atoms with van der Waals surface area (Å²) in [5.41, 5.74) is 1.63. The normalized spacial score (nSPS) is 19.2. The number of carbonyl (C=O) groups excluding carboxylic acids is 1. The van der Waals surface area contributed by atoms with Gasteiger partial charge in [-0.15, -0.1) is 0 Å². The Kier molecular flexibility index (Phi) is 3.21. The van der Waals surface area contributed by atoms with Gasteiger partial charge in [0.2, 0.25) is 5.91 Å². The van der Waals surface area contributed by atoms with E-state index in [1.54, 1.807) is 4.90 Å². The zero-order valence-corrected chi connectivity index (χ0v) is 10.7. The molecule has 3 heterocycles. The fraction of sp³-hybridized carbons (Fsp3) is 0.429. The molecule has 1 aliphatic rings. The van der Waals surface area contributed by atoms with Gasteiger partial charge in [0.15, 0.2) is 0 Å². The van der Waals surface area contributed by atoms with Gasteiger partial charge in [0.05, 0.1) is 24.8 Å². The summed E-state index contributed by atoms with van der Waals surface area (Å²) in [6, 6.07) is 5.77. The highest BCUT2D eigenvalue weighted by Gasteiger charge is 2.28. The molecule has 0 unspecified atom stereocenters. The predicted molar refractivity (Wildman–Crippen MR) is 70.7 cm³/mol. The number of hydrogen-bond donors (Lipinski definition) is 1. The molecule has 100 valence electrons. The standard InChI is InChI=1S/C14H17N3O2/c18-10-12-4-3-7-17(12)14(19)8-11-9-16-6-2-1-5-13(16)15-11/h1-2,5-6,9,12,18H,3-4,7-8,10H2/t12-/m0/s1. The number of nitrogens with zero attached hydrogens (tertiary/aromatic N) is 3. The lowest BCUT2D eigenvalue weighted by Crippen LogP contribution is -2.38. The van der Waals surface area contributed by atoms with Gasteiger partial charge in [-0.2, -0.15) is 0 Å². The van der Waals surface area contributed by atoms with Gasteiger partial charge in [0.25, 0.3) is 0 Å². The fourth-order valence-electron chi connectivity index (χ4n) is 2.68. The summed E-state index contributed by atoms with van der Waals surface area (Å²) >= 11 is 0. The zero-order valence-electron chi connectivity index (χ0n) is 10.7. The van der Waals surface area contributed by atoms with Gasteiger partial charge < -0.3 is 14.4 Å². The first-order valence-corrected chi connectivity index (χ1v) is 6.61. The van der Waals surface area contributed by atoms with Crippen molar-refractivity contribution in [1.29, 1.82) is 0 Å². The summed E-state index contributed by atoms with van der Waals surface area (Å²) < 4.78 is 1.91. The molecule has 2 aromatic heterocycles. The number of rotatable bonds is 3. The highest BCUT2D eigenvalue weighted by molar-refractivity contribution is 5.79. The van der Waals surface area contributed by atoms with Crippen molar-refractivity contribution >= 4 is 11.6 Å². The maximum atomic E-state index is 12.2. The number of aliphatic hydroxyl groups is 1. The van der Waals surface area contributed by atoms with Gasteiger partial charge in [0.1, 0.15) is 5.65 Å². The maximum absolute atomic E-state index is 12.2. The summed E-state index contributed by atoms with van der Waals surface area (Å²) in [7, 11) is 0. The Morgan fingerprint density at radius 3 is 3.16 bits per heavy atom. The number of likely N-dealkylation sites (tertiary alicyclic amines) is 1. The number of hydrogen-bond acceptors (Lipinski definition) is 3. The SMILES string of the molecule is O=C(Cc1cn2ccccc2n1)N1CCC[C@H]1CO. The van der Waals surface area contributed by atoms with Crippen LogP contribution in [0.3, 0.4) is 0 Å². The minimum atomic E-state index is -0.00969. The second-order valence-corrected chi connectivity index (χ2v) is 4.94. The second-order valence-electron chi connectivity index (χ2n) is 4.94. The largest absolute Gasteiger partial charge is 0.394 e. The van der Waals surface area contributed by atoms with Crippen molar-refractivity contribution in [2.24, 2.45) is 0 Å². The zero-order chi connectivity index (χ0) is 13.2. The van der Waals surface area contributed by atoms with Gasteiger partial charge in [-0.3, -0.25) is 4.79 Å². The molecular weight excluding hydrogens is 242 g/mol. The van der Waals surface area contributed by atoms with Crippen molar-refractivity contribution in [1.82, 2.24) is 14.3 Å². The molecule has 0 aromatic carbocycles. The van der Waals surface area contributed by atoms with Crippen LogP contribution >= 0.6 is 0 Å². The Labute approximate surface area is 111 Å². The number of amides is 1. The van der Waals surface area contributed by atoms with E-state index >= 15 is 0 Å².